The Balaban J connectivity index is 2.24. The van der Waals surface area contributed by atoms with Gasteiger partial charge in [0.15, 0.2) is 0 Å². The Hall–Kier alpha value is -0.630. The van der Waals surface area contributed by atoms with Gasteiger partial charge in [0, 0.05) is 18.4 Å². The summed E-state index contributed by atoms with van der Waals surface area (Å²) in [4.78, 5) is 10.9. The van der Waals surface area contributed by atoms with Crippen molar-refractivity contribution in [3.63, 3.8) is 0 Å². The van der Waals surface area contributed by atoms with Crippen molar-refractivity contribution < 1.29 is 4.79 Å². The summed E-state index contributed by atoms with van der Waals surface area (Å²) in [6, 6.07) is 0. The second-order valence-electron chi connectivity index (χ2n) is 3.07. The summed E-state index contributed by atoms with van der Waals surface area (Å²) in [6.45, 7) is 3.49. The van der Waals surface area contributed by atoms with Crippen molar-refractivity contribution >= 4 is 5.78 Å². The molecule has 56 valence electrons. The third kappa shape index (κ3) is 1.95. The first-order valence-electron chi connectivity index (χ1n) is 3.58. The van der Waals surface area contributed by atoms with Gasteiger partial charge in [-0.15, -0.1) is 6.58 Å². The van der Waals surface area contributed by atoms with Gasteiger partial charge in [0.05, 0.1) is 0 Å². The average molecular weight is 139 g/mol. The molecular weight excluding hydrogens is 126 g/mol. The molecular formula is C8H13NO. The molecule has 0 aromatic heterocycles. The Kier molecular flexibility index (Phi) is 1.90. The molecule has 0 unspecified atom stereocenters. The lowest BCUT2D eigenvalue weighted by Gasteiger charge is -2.04. The number of Topliss-reactive ketones (excluding diaryl/α,β-unsaturated/α-hetero) is 1. The third-order valence-electron chi connectivity index (χ3n) is 1.81. The minimum atomic E-state index is -0.125. The number of nitrogens with two attached hydrogens (primary N) is 1. The molecule has 2 nitrogen and oxygen atoms in total. The maximum absolute atomic E-state index is 10.9. The van der Waals surface area contributed by atoms with E-state index in [4.69, 9.17) is 5.73 Å². The van der Waals surface area contributed by atoms with Crippen LogP contribution >= 0.6 is 0 Å². The number of rotatable bonds is 4. The van der Waals surface area contributed by atoms with Gasteiger partial charge in [0.1, 0.15) is 5.78 Å². The normalized spacial score (nSPS) is 20.1. The van der Waals surface area contributed by atoms with E-state index >= 15 is 0 Å². The SMILES string of the molecule is C=CCC(=O)CC1(N)CC1. The smallest absolute Gasteiger partial charge is 0.138 e. The van der Waals surface area contributed by atoms with Crippen LogP contribution < -0.4 is 5.73 Å². The molecule has 0 heterocycles. The molecule has 1 fully saturated rings. The van der Waals surface area contributed by atoms with Crippen LogP contribution in [0.15, 0.2) is 12.7 Å². The highest BCUT2D eigenvalue weighted by molar-refractivity contribution is 5.81. The van der Waals surface area contributed by atoms with E-state index < -0.39 is 0 Å². The van der Waals surface area contributed by atoms with Crippen molar-refractivity contribution in [3.8, 4) is 0 Å². The topological polar surface area (TPSA) is 43.1 Å². The number of ketones is 1. The van der Waals surface area contributed by atoms with E-state index in [2.05, 4.69) is 6.58 Å². The van der Waals surface area contributed by atoms with Crippen molar-refractivity contribution in [2.45, 2.75) is 31.2 Å². The van der Waals surface area contributed by atoms with Gasteiger partial charge in [0.2, 0.25) is 0 Å². The Morgan fingerprint density at radius 3 is 2.70 bits per heavy atom. The zero-order valence-electron chi connectivity index (χ0n) is 6.10. The van der Waals surface area contributed by atoms with Gasteiger partial charge < -0.3 is 5.73 Å². The molecule has 1 aliphatic carbocycles. The zero-order chi connectivity index (χ0) is 7.61. The summed E-state index contributed by atoms with van der Waals surface area (Å²) >= 11 is 0. The summed E-state index contributed by atoms with van der Waals surface area (Å²) in [5.74, 6) is 0.218. The van der Waals surface area contributed by atoms with Crippen LogP contribution in [-0.2, 0) is 4.79 Å². The van der Waals surface area contributed by atoms with Gasteiger partial charge in [0.25, 0.3) is 0 Å². The molecule has 0 bridgehead atoms. The van der Waals surface area contributed by atoms with Gasteiger partial charge >= 0.3 is 0 Å². The second-order valence-corrected chi connectivity index (χ2v) is 3.07. The lowest BCUT2D eigenvalue weighted by atomic mass is 10.1. The highest BCUT2D eigenvalue weighted by Gasteiger charge is 2.39. The van der Waals surface area contributed by atoms with Crippen LogP contribution in [0, 0.1) is 0 Å². The summed E-state index contributed by atoms with van der Waals surface area (Å²) in [5, 5.41) is 0. The molecule has 0 aliphatic heterocycles. The van der Waals surface area contributed by atoms with E-state index in [-0.39, 0.29) is 11.3 Å². The molecule has 1 aliphatic rings. The summed E-state index contributed by atoms with van der Waals surface area (Å²) < 4.78 is 0. The minimum Gasteiger partial charge on any atom is -0.325 e. The molecule has 0 amide bonds. The fraction of sp³-hybridized carbons (Fsp3) is 0.625. The van der Waals surface area contributed by atoms with Crippen molar-refractivity contribution in [3.05, 3.63) is 12.7 Å². The van der Waals surface area contributed by atoms with Crippen LogP contribution in [0.25, 0.3) is 0 Å². The van der Waals surface area contributed by atoms with Crippen LogP contribution in [0.5, 0.6) is 0 Å². The number of hydrogen-bond acceptors (Lipinski definition) is 2. The zero-order valence-corrected chi connectivity index (χ0v) is 6.10. The van der Waals surface area contributed by atoms with Crippen molar-refractivity contribution in [2.24, 2.45) is 5.73 Å². The molecule has 0 atom stereocenters. The van der Waals surface area contributed by atoms with Crippen LogP contribution in [-0.4, -0.2) is 11.3 Å². The Morgan fingerprint density at radius 1 is 1.70 bits per heavy atom. The van der Waals surface area contributed by atoms with Crippen molar-refractivity contribution in [2.75, 3.05) is 0 Å². The summed E-state index contributed by atoms with van der Waals surface area (Å²) in [5.41, 5.74) is 5.60. The molecule has 2 heteroatoms. The maximum atomic E-state index is 10.9. The highest BCUT2D eigenvalue weighted by Crippen LogP contribution is 2.35. The molecule has 1 rings (SSSR count). The first-order chi connectivity index (χ1) is 4.66. The van der Waals surface area contributed by atoms with Crippen LogP contribution in [0.2, 0.25) is 0 Å². The molecule has 2 N–H and O–H groups in total. The van der Waals surface area contributed by atoms with Gasteiger partial charge in [-0.2, -0.15) is 0 Å². The quantitative estimate of drug-likeness (QED) is 0.591. The van der Waals surface area contributed by atoms with Gasteiger partial charge in [-0.25, -0.2) is 0 Å². The summed E-state index contributed by atoms with van der Waals surface area (Å²) in [7, 11) is 0. The molecule has 10 heavy (non-hydrogen) atoms. The van der Waals surface area contributed by atoms with E-state index in [1.165, 1.54) is 0 Å². The van der Waals surface area contributed by atoms with Crippen molar-refractivity contribution in [1.82, 2.24) is 0 Å². The Labute approximate surface area is 61.1 Å². The lowest BCUT2D eigenvalue weighted by Crippen LogP contribution is -2.25. The molecule has 1 saturated carbocycles. The Bertz CT molecular complexity index is 159. The number of carbonyl (C=O) groups is 1. The molecule has 0 aromatic rings. The van der Waals surface area contributed by atoms with E-state index in [1.54, 1.807) is 6.08 Å². The first-order valence-corrected chi connectivity index (χ1v) is 3.58. The number of allylic oxidation sites excluding steroid dienone is 1. The monoisotopic (exact) mass is 139 g/mol. The predicted octanol–water partition coefficient (Wildman–Crippen LogP) is 1.01. The average Bonchev–Trinajstić information content (AvgIpc) is 2.48. The van der Waals surface area contributed by atoms with Crippen molar-refractivity contribution in [1.29, 1.82) is 0 Å². The molecule has 0 saturated heterocycles. The molecule has 0 spiro atoms. The van der Waals surface area contributed by atoms with E-state index in [0.29, 0.717) is 12.8 Å². The van der Waals surface area contributed by atoms with Crippen LogP contribution in [0.3, 0.4) is 0 Å². The third-order valence-corrected chi connectivity index (χ3v) is 1.81. The largest absolute Gasteiger partial charge is 0.325 e. The van der Waals surface area contributed by atoms with Crippen LogP contribution in [0.4, 0.5) is 0 Å². The fourth-order valence-corrected chi connectivity index (χ4v) is 0.963. The second kappa shape index (κ2) is 2.54. The van der Waals surface area contributed by atoms with Gasteiger partial charge in [-0.05, 0) is 12.8 Å². The lowest BCUT2D eigenvalue weighted by molar-refractivity contribution is -0.118. The predicted molar refractivity (Wildman–Crippen MR) is 40.6 cm³/mol. The fourth-order valence-electron chi connectivity index (χ4n) is 0.963. The van der Waals surface area contributed by atoms with Crippen LogP contribution in [0.1, 0.15) is 25.7 Å². The highest BCUT2D eigenvalue weighted by atomic mass is 16.1. The minimum absolute atomic E-state index is 0.125. The van der Waals surface area contributed by atoms with Gasteiger partial charge in [-0.1, -0.05) is 6.08 Å². The maximum Gasteiger partial charge on any atom is 0.138 e. The number of hydrogen-bond donors (Lipinski definition) is 1. The summed E-state index contributed by atoms with van der Waals surface area (Å²) in [6.07, 6.45) is 4.66. The van der Waals surface area contributed by atoms with E-state index in [9.17, 15) is 4.79 Å². The Morgan fingerprint density at radius 2 is 2.30 bits per heavy atom. The standard InChI is InChI=1S/C8H13NO/c1-2-3-7(10)6-8(9)4-5-8/h2H,1,3-6,9H2. The first kappa shape index (κ1) is 7.48. The van der Waals surface area contributed by atoms with E-state index in [1.807, 2.05) is 0 Å². The molecule has 0 aromatic carbocycles. The number of carbonyl (C=O) groups excluding carboxylic acids is 1. The molecule has 0 radical (unpaired) electrons. The van der Waals surface area contributed by atoms with Gasteiger partial charge in [-0.3, -0.25) is 4.79 Å². The van der Waals surface area contributed by atoms with E-state index in [0.717, 1.165) is 12.8 Å².